The number of aliphatic hydroxyl groups is 2. The number of hydrogen-bond donors (Lipinski definition) is 4. The number of aliphatic hydroxyl groups excluding tert-OH is 2. The van der Waals surface area contributed by atoms with Crippen LogP contribution >= 0.6 is 0 Å². The average molecular weight is 232 g/mol. The van der Waals surface area contributed by atoms with Crippen LogP contribution in [-0.4, -0.2) is 54.3 Å². The summed E-state index contributed by atoms with van der Waals surface area (Å²) >= 11 is 0. The molecule has 1 atom stereocenters. The molecule has 1 rings (SSSR count). The van der Waals surface area contributed by atoms with Crippen LogP contribution in [0.25, 0.3) is 0 Å². The topological polar surface area (TPSA) is 90.8 Å². The molecule has 1 aliphatic rings. The van der Waals surface area contributed by atoms with E-state index in [0.717, 1.165) is 6.42 Å². The van der Waals surface area contributed by atoms with Gasteiger partial charge in [0.1, 0.15) is 0 Å². The Morgan fingerprint density at radius 1 is 1.50 bits per heavy atom. The number of urea groups is 1. The van der Waals surface area contributed by atoms with E-state index in [1.54, 1.807) is 6.92 Å². The summed E-state index contributed by atoms with van der Waals surface area (Å²) in [4.78, 5) is 11.6. The van der Waals surface area contributed by atoms with Gasteiger partial charge in [-0.25, -0.2) is 4.79 Å². The van der Waals surface area contributed by atoms with Crippen LogP contribution < -0.4 is 10.6 Å². The Morgan fingerprint density at radius 2 is 2.19 bits per heavy atom. The largest absolute Gasteiger partial charge is 0.394 e. The Balaban J connectivity index is 2.41. The van der Waals surface area contributed by atoms with Gasteiger partial charge in [-0.2, -0.15) is 0 Å². The molecule has 1 fully saturated rings. The third kappa shape index (κ3) is 3.33. The second kappa shape index (κ2) is 6.03. The maximum atomic E-state index is 11.6. The molecule has 6 heteroatoms. The molecule has 2 amide bonds. The fourth-order valence-electron chi connectivity index (χ4n) is 1.55. The number of nitrogens with one attached hydrogen (secondary N) is 2. The summed E-state index contributed by atoms with van der Waals surface area (Å²) in [6.45, 7) is 2.41. The first-order chi connectivity index (χ1) is 7.65. The van der Waals surface area contributed by atoms with Crippen molar-refractivity contribution in [2.75, 3.05) is 26.4 Å². The van der Waals surface area contributed by atoms with E-state index < -0.39 is 5.54 Å². The zero-order valence-corrected chi connectivity index (χ0v) is 9.53. The van der Waals surface area contributed by atoms with Crippen LogP contribution in [0, 0.1) is 0 Å². The zero-order chi connectivity index (χ0) is 12.0. The minimum Gasteiger partial charge on any atom is -0.394 e. The van der Waals surface area contributed by atoms with E-state index in [0.29, 0.717) is 19.6 Å². The number of carbonyl (C=O) groups excluding carboxylic acids is 1. The zero-order valence-electron chi connectivity index (χ0n) is 9.53. The van der Waals surface area contributed by atoms with Crippen LogP contribution in [0.15, 0.2) is 0 Å². The molecule has 0 aliphatic carbocycles. The third-order valence-electron chi connectivity index (χ3n) is 2.93. The molecule has 0 radical (unpaired) electrons. The lowest BCUT2D eigenvalue weighted by Crippen LogP contribution is -2.58. The monoisotopic (exact) mass is 232 g/mol. The van der Waals surface area contributed by atoms with Crippen LogP contribution in [0.2, 0.25) is 0 Å². The van der Waals surface area contributed by atoms with Crippen LogP contribution in [-0.2, 0) is 4.74 Å². The summed E-state index contributed by atoms with van der Waals surface area (Å²) in [5.41, 5.74) is -0.941. The molecule has 1 heterocycles. The van der Waals surface area contributed by atoms with Crippen molar-refractivity contribution in [2.24, 2.45) is 0 Å². The van der Waals surface area contributed by atoms with Gasteiger partial charge in [-0.15, -0.1) is 0 Å². The summed E-state index contributed by atoms with van der Waals surface area (Å²) in [6.07, 6.45) is 1.26. The maximum Gasteiger partial charge on any atom is 0.315 e. The van der Waals surface area contributed by atoms with Crippen molar-refractivity contribution < 1.29 is 19.7 Å². The molecule has 94 valence electrons. The quantitative estimate of drug-likeness (QED) is 0.500. The molecule has 0 aromatic rings. The van der Waals surface area contributed by atoms with Crippen LogP contribution in [0.3, 0.4) is 0 Å². The lowest BCUT2D eigenvalue weighted by atomic mass is 9.99. The Labute approximate surface area is 95.0 Å². The van der Waals surface area contributed by atoms with Gasteiger partial charge in [0.25, 0.3) is 0 Å². The standard InChI is InChI=1S/C10H20N2O4/c1-2-10(6-13,7-14)12-9(15)11-8-3-4-16-5-8/h8,13-14H,2-7H2,1H3,(H2,11,12,15). The molecule has 1 aliphatic heterocycles. The smallest absolute Gasteiger partial charge is 0.315 e. The fraction of sp³-hybridized carbons (Fsp3) is 0.900. The molecule has 6 nitrogen and oxygen atoms in total. The Hall–Kier alpha value is -0.850. The highest BCUT2D eigenvalue weighted by Crippen LogP contribution is 2.09. The normalized spacial score (nSPS) is 20.8. The van der Waals surface area contributed by atoms with Gasteiger partial charge in [0.2, 0.25) is 0 Å². The second-order valence-electron chi connectivity index (χ2n) is 4.11. The maximum absolute atomic E-state index is 11.6. The first-order valence-electron chi connectivity index (χ1n) is 5.54. The number of carbonyl (C=O) groups is 1. The summed E-state index contributed by atoms with van der Waals surface area (Å²) in [7, 11) is 0. The van der Waals surface area contributed by atoms with Gasteiger partial charge in [-0.05, 0) is 12.8 Å². The van der Waals surface area contributed by atoms with Gasteiger partial charge < -0.3 is 25.6 Å². The summed E-state index contributed by atoms with van der Waals surface area (Å²) in [5, 5.41) is 23.7. The highest BCUT2D eigenvalue weighted by molar-refractivity contribution is 5.75. The minimum absolute atomic E-state index is 0.0203. The third-order valence-corrected chi connectivity index (χ3v) is 2.93. The highest BCUT2D eigenvalue weighted by atomic mass is 16.5. The summed E-state index contributed by atoms with van der Waals surface area (Å²) < 4.78 is 5.13. The Morgan fingerprint density at radius 3 is 2.62 bits per heavy atom. The van der Waals surface area contributed by atoms with E-state index in [-0.39, 0.29) is 25.3 Å². The molecule has 1 saturated heterocycles. The first-order valence-corrected chi connectivity index (χ1v) is 5.54. The van der Waals surface area contributed by atoms with Crippen molar-refractivity contribution in [3.63, 3.8) is 0 Å². The predicted molar refractivity (Wildman–Crippen MR) is 58.1 cm³/mol. The fourth-order valence-corrected chi connectivity index (χ4v) is 1.55. The van der Waals surface area contributed by atoms with Crippen LogP contribution in [0.5, 0.6) is 0 Å². The number of amides is 2. The van der Waals surface area contributed by atoms with Crippen LogP contribution in [0.4, 0.5) is 4.79 Å². The van der Waals surface area contributed by atoms with Crippen LogP contribution in [0.1, 0.15) is 19.8 Å². The Bertz CT molecular complexity index is 217. The van der Waals surface area contributed by atoms with Gasteiger partial charge in [0.05, 0.1) is 31.4 Å². The minimum atomic E-state index is -0.941. The molecule has 0 spiro atoms. The molecule has 0 bridgehead atoms. The van der Waals surface area contributed by atoms with Crippen molar-refractivity contribution >= 4 is 6.03 Å². The van der Waals surface area contributed by atoms with Crippen molar-refractivity contribution in [1.29, 1.82) is 0 Å². The molecule has 4 N–H and O–H groups in total. The second-order valence-corrected chi connectivity index (χ2v) is 4.11. The first kappa shape index (κ1) is 13.2. The molecule has 16 heavy (non-hydrogen) atoms. The van der Waals surface area contributed by atoms with E-state index >= 15 is 0 Å². The molecule has 0 saturated carbocycles. The van der Waals surface area contributed by atoms with E-state index in [9.17, 15) is 4.79 Å². The lowest BCUT2D eigenvalue weighted by molar-refractivity contribution is 0.0928. The van der Waals surface area contributed by atoms with Crippen molar-refractivity contribution in [2.45, 2.75) is 31.3 Å². The van der Waals surface area contributed by atoms with Gasteiger partial charge in [-0.3, -0.25) is 0 Å². The SMILES string of the molecule is CCC(CO)(CO)NC(=O)NC1CCOC1. The number of rotatable bonds is 5. The van der Waals surface area contributed by atoms with Gasteiger partial charge in [0.15, 0.2) is 0 Å². The van der Waals surface area contributed by atoms with E-state index in [2.05, 4.69) is 10.6 Å². The van der Waals surface area contributed by atoms with Crippen molar-refractivity contribution in [3.05, 3.63) is 0 Å². The molecular weight excluding hydrogens is 212 g/mol. The van der Waals surface area contributed by atoms with Crippen molar-refractivity contribution in [3.8, 4) is 0 Å². The Kier molecular flexibility index (Phi) is 4.98. The summed E-state index contributed by atoms with van der Waals surface area (Å²) in [6, 6.07) is -0.354. The van der Waals surface area contributed by atoms with E-state index in [4.69, 9.17) is 14.9 Å². The van der Waals surface area contributed by atoms with Gasteiger partial charge in [0, 0.05) is 6.61 Å². The number of hydrogen-bond acceptors (Lipinski definition) is 4. The predicted octanol–water partition coefficient (Wildman–Crippen LogP) is -0.792. The molecule has 0 aromatic heterocycles. The molecule has 1 unspecified atom stereocenters. The lowest BCUT2D eigenvalue weighted by Gasteiger charge is -2.30. The van der Waals surface area contributed by atoms with Crippen molar-refractivity contribution in [1.82, 2.24) is 10.6 Å². The molecular formula is C10H20N2O4. The van der Waals surface area contributed by atoms with E-state index in [1.807, 2.05) is 0 Å². The van der Waals surface area contributed by atoms with Gasteiger partial charge in [-0.1, -0.05) is 6.92 Å². The van der Waals surface area contributed by atoms with E-state index in [1.165, 1.54) is 0 Å². The molecule has 0 aromatic carbocycles. The summed E-state index contributed by atoms with van der Waals surface area (Å²) in [5.74, 6) is 0. The number of ether oxygens (including phenoxy) is 1. The van der Waals surface area contributed by atoms with Gasteiger partial charge >= 0.3 is 6.03 Å². The highest BCUT2D eigenvalue weighted by Gasteiger charge is 2.29. The average Bonchev–Trinajstić information content (AvgIpc) is 2.79.